The number of hydrogen-bond donors (Lipinski definition) is 1. The van der Waals surface area contributed by atoms with Gasteiger partial charge in [0.15, 0.2) is 0 Å². The van der Waals surface area contributed by atoms with E-state index in [4.69, 9.17) is 9.47 Å². The van der Waals surface area contributed by atoms with E-state index in [1.54, 1.807) is 18.4 Å². The second-order valence-corrected chi connectivity index (χ2v) is 9.17. The van der Waals surface area contributed by atoms with Gasteiger partial charge in [0.25, 0.3) is 0 Å². The Morgan fingerprint density at radius 2 is 2.16 bits per heavy atom. The van der Waals surface area contributed by atoms with Crippen LogP contribution in [0.4, 0.5) is 0 Å². The molecular weight excluding hydrogens is 412 g/mol. The van der Waals surface area contributed by atoms with Crippen molar-refractivity contribution in [2.24, 2.45) is 0 Å². The minimum Gasteiger partial charge on any atom is -0.491 e. The molecule has 1 aliphatic rings. The molecule has 0 unspecified atom stereocenters. The highest BCUT2D eigenvalue weighted by Gasteiger charge is 2.33. The number of amides is 1. The van der Waals surface area contributed by atoms with Crippen molar-refractivity contribution in [1.29, 1.82) is 0 Å². The normalized spacial score (nSPS) is 17.0. The Balaban J connectivity index is 1.72. The van der Waals surface area contributed by atoms with Crippen molar-refractivity contribution < 1.29 is 19.4 Å². The maximum atomic E-state index is 13.3. The van der Waals surface area contributed by atoms with Gasteiger partial charge in [0, 0.05) is 25.1 Å². The molecule has 0 radical (unpaired) electrons. The summed E-state index contributed by atoms with van der Waals surface area (Å²) in [4.78, 5) is 18.5. The predicted molar refractivity (Wildman–Crippen MR) is 124 cm³/mol. The van der Waals surface area contributed by atoms with Crippen molar-refractivity contribution in [2.45, 2.75) is 39.3 Å². The number of methoxy groups -OCH3 is 1. The molecule has 31 heavy (non-hydrogen) atoms. The number of fused-ring (bicyclic) bond motifs is 1. The van der Waals surface area contributed by atoms with E-state index in [-0.39, 0.29) is 25.1 Å². The molecule has 1 aromatic heterocycles. The van der Waals surface area contributed by atoms with Gasteiger partial charge in [0.2, 0.25) is 5.91 Å². The van der Waals surface area contributed by atoms with Crippen molar-refractivity contribution in [3.8, 4) is 5.75 Å². The van der Waals surface area contributed by atoms with Gasteiger partial charge in [-0.1, -0.05) is 24.6 Å². The second kappa shape index (κ2) is 11.1. The first-order chi connectivity index (χ1) is 14.9. The predicted octanol–water partition coefficient (Wildman–Crippen LogP) is 3.20. The highest BCUT2D eigenvalue weighted by molar-refractivity contribution is 7.10. The molecule has 2 atom stereocenters. The van der Waals surface area contributed by atoms with Crippen molar-refractivity contribution in [2.75, 3.05) is 46.5 Å². The highest BCUT2D eigenvalue weighted by Crippen LogP contribution is 2.34. The van der Waals surface area contributed by atoms with Crippen LogP contribution in [0.3, 0.4) is 0 Å². The summed E-state index contributed by atoms with van der Waals surface area (Å²) in [6.07, 6.45) is 0.267. The summed E-state index contributed by atoms with van der Waals surface area (Å²) in [6.45, 7) is 8.87. The van der Waals surface area contributed by atoms with Gasteiger partial charge in [-0.05, 0) is 55.5 Å². The molecule has 0 saturated carbocycles. The molecule has 0 saturated heterocycles. The van der Waals surface area contributed by atoms with E-state index in [2.05, 4.69) is 24.4 Å². The number of aliphatic hydroxyl groups is 1. The molecule has 3 rings (SSSR count). The number of carbonyl (C=O) groups is 1. The zero-order valence-electron chi connectivity index (χ0n) is 19.0. The summed E-state index contributed by atoms with van der Waals surface area (Å²) < 4.78 is 11.2. The number of aryl methyl sites for hydroxylation is 2. The van der Waals surface area contributed by atoms with E-state index in [1.807, 2.05) is 35.8 Å². The smallest absolute Gasteiger partial charge is 0.237 e. The number of carbonyl (C=O) groups excluding carboxylic acids is 1. The maximum Gasteiger partial charge on any atom is 0.237 e. The number of hydrogen-bond acceptors (Lipinski definition) is 6. The van der Waals surface area contributed by atoms with Crippen LogP contribution in [0, 0.1) is 13.8 Å². The van der Waals surface area contributed by atoms with Crippen LogP contribution in [0.2, 0.25) is 0 Å². The molecule has 2 aromatic rings. The molecule has 1 aliphatic heterocycles. The SMILES string of the molecule is CCN(CC(=O)N1CCc2sccc2[C@@H]1COc1ccc(C)cc1C)C[C@H](O)COC. The number of ether oxygens (including phenoxy) is 2. The first-order valence-electron chi connectivity index (χ1n) is 10.9. The summed E-state index contributed by atoms with van der Waals surface area (Å²) in [5, 5.41) is 12.2. The molecule has 0 spiro atoms. The molecule has 0 aliphatic carbocycles. The monoisotopic (exact) mass is 446 g/mol. The lowest BCUT2D eigenvalue weighted by molar-refractivity contribution is -0.136. The van der Waals surface area contributed by atoms with Crippen LogP contribution in [0.1, 0.15) is 34.5 Å². The molecule has 0 bridgehead atoms. The van der Waals surface area contributed by atoms with Gasteiger partial charge in [-0.15, -0.1) is 11.3 Å². The van der Waals surface area contributed by atoms with E-state index in [0.29, 0.717) is 26.2 Å². The first kappa shape index (κ1) is 23.7. The number of thiophene rings is 1. The Morgan fingerprint density at radius 1 is 1.35 bits per heavy atom. The molecule has 7 heteroatoms. The molecular formula is C24H34N2O4S. The molecule has 0 fully saturated rings. The van der Waals surface area contributed by atoms with Crippen molar-refractivity contribution in [3.05, 3.63) is 51.2 Å². The Bertz CT molecular complexity index is 869. The van der Waals surface area contributed by atoms with Crippen molar-refractivity contribution >= 4 is 17.2 Å². The second-order valence-electron chi connectivity index (χ2n) is 8.17. The Labute approximate surface area is 189 Å². The molecule has 6 nitrogen and oxygen atoms in total. The summed E-state index contributed by atoms with van der Waals surface area (Å²) in [6, 6.07) is 8.18. The minimum absolute atomic E-state index is 0.0672. The van der Waals surface area contributed by atoms with E-state index in [9.17, 15) is 9.90 Å². The average molecular weight is 447 g/mol. The molecule has 1 amide bonds. The van der Waals surface area contributed by atoms with E-state index < -0.39 is 6.10 Å². The lowest BCUT2D eigenvalue weighted by Gasteiger charge is -2.37. The van der Waals surface area contributed by atoms with Gasteiger partial charge in [0.1, 0.15) is 12.4 Å². The third-order valence-electron chi connectivity index (χ3n) is 5.78. The van der Waals surface area contributed by atoms with Gasteiger partial charge < -0.3 is 19.5 Å². The van der Waals surface area contributed by atoms with Crippen LogP contribution < -0.4 is 4.74 Å². The van der Waals surface area contributed by atoms with Crippen LogP contribution in [0.25, 0.3) is 0 Å². The minimum atomic E-state index is -0.605. The van der Waals surface area contributed by atoms with E-state index in [1.165, 1.54) is 16.0 Å². The topological polar surface area (TPSA) is 62.2 Å². The van der Waals surface area contributed by atoms with Crippen LogP contribution in [0.5, 0.6) is 5.75 Å². The number of aliphatic hydroxyl groups excluding tert-OH is 1. The molecule has 170 valence electrons. The van der Waals surface area contributed by atoms with Gasteiger partial charge in [-0.3, -0.25) is 9.69 Å². The average Bonchev–Trinajstić information content (AvgIpc) is 3.21. The third kappa shape index (κ3) is 6.07. The highest BCUT2D eigenvalue weighted by atomic mass is 32.1. The Kier molecular flexibility index (Phi) is 8.49. The lowest BCUT2D eigenvalue weighted by Crippen LogP contribution is -2.48. The van der Waals surface area contributed by atoms with Crippen LogP contribution >= 0.6 is 11.3 Å². The van der Waals surface area contributed by atoms with Crippen molar-refractivity contribution in [3.63, 3.8) is 0 Å². The number of rotatable bonds is 10. The zero-order valence-corrected chi connectivity index (χ0v) is 19.8. The van der Waals surface area contributed by atoms with Gasteiger partial charge in [-0.25, -0.2) is 0 Å². The van der Waals surface area contributed by atoms with Crippen molar-refractivity contribution in [1.82, 2.24) is 9.80 Å². The summed E-state index contributed by atoms with van der Waals surface area (Å²) >= 11 is 1.75. The lowest BCUT2D eigenvalue weighted by atomic mass is 10.00. The largest absolute Gasteiger partial charge is 0.491 e. The Hall–Kier alpha value is -1.93. The number of benzene rings is 1. The molecule has 1 aromatic carbocycles. The fourth-order valence-corrected chi connectivity index (χ4v) is 5.06. The van der Waals surface area contributed by atoms with Gasteiger partial charge in [-0.2, -0.15) is 0 Å². The Morgan fingerprint density at radius 3 is 2.87 bits per heavy atom. The molecule has 1 N–H and O–H groups in total. The fraction of sp³-hybridized carbons (Fsp3) is 0.542. The quantitative estimate of drug-likeness (QED) is 0.607. The first-order valence-corrected chi connectivity index (χ1v) is 11.8. The number of nitrogens with zero attached hydrogens (tertiary/aromatic N) is 2. The van der Waals surface area contributed by atoms with Crippen LogP contribution in [0.15, 0.2) is 29.6 Å². The van der Waals surface area contributed by atoms with E-state index in [0.717, 1.165) is 17.7 Å². The van der Waals surface area contributed by atoms with Gasteiger partial charge in [0.05, 0.1) is 25.3 Å². The zero-order chi connectivity index (χ0) is 22.4. The summed E-state index contributed by atoms with van der Waals surface area (Å²) in [7, 11) is 1.57. The summed E-state index contributed by atoms with van der Waals surface area (Å²) in [5.41, 5.74) is 3.50. The van der Waals surface area contributed by atoms with E-state index >= 15 is 0 Å². The fourth-order valence-electron chi connectivity index (χ4n) is 4.14. The maximum absolute atomic E-state index is 13.3. The number of likely N-dealkylation sites (N-methyl/N-ethyl adjacent to an activating group) is 1. The van der Waals surface area contributed by atoms with Gasteiger partial charge >= 0.3 is 0 Å². The van der Waals surface area contributed by atoms with Crippen LogP contribution in [-0.2, 0) is 16.0 Å². The third-order valence-corrected chi connectivity index (χ3v) is 6.77. The standard InChI is InChI=1S/C24H34N2O4S/c1-5-25(13-19(27)15-29-4)14-24(28)26-10-8-23-20(9-11-31-23)21(26)16-30-22-7-6-17(2)12-18(22)3/h6-7,9,11-12,19,21,27H,5,8,10,13-16H2,1-4H3/t19-,21-/m0/s1. The van der Waals surface area contributed by atoms with Crippen LogP contribution in [-0.4, -0.2) is 73.4 Å². The molecule has 2 heterocycles. The summed E-state index contributed by atoms with van der Waals surface area (Å²) in [5.74, 6) is 0.927.